The topological polar surface area (TPSA) is 113 Å². The third kappa shape index (κ3) is 8.58. The molecule has 0 radical (unpaired) electrons. The van der Waals surface area contributed by atoms with Gasteiger partial charge in [0.1, 0.15) is 22.3 Å². The Bertz CT molecular complexity index is 5740. The van der Waals surface area contributed by atoms with E-state index in [2.05, 4.69) is 167 Å². The molecule has 0 atom stereocenters. The van der Waals surface area contributed by atoms with Crippen molar-refractivity contribution in [3.8, 4) is 102 Å². The summed E-state index contributed by atoms with van der Waals surface area (Å²) >= 11 is 0. The monoisotopic (exact) mass is 1200 g/mol. The predicted molar refractivity (Wildman–Crippen MR) is 380 cm³/mol. The van der Waals surface area contributed by atoms with E-state index >= 15 is 0 Å². The number of hydrogen-bond donors (Lipinski definition) is 0. The summed E-state index contributed by atoms with van der Waals surface area (Å²) < 4.78 is 18.4. The number of fused-ring (bicyclic) bond motifs is 14. The zero-order chi connectivity index (χ0) is 61.8. The lowest BCUT2D eigenvalue weighted by Crippen LogP contribution is -2.04. The summed E-state index contributed by atoms with van der Waals surface area (Å²) in [7, 11) is 0. The Morgan fingerprint density at radius 1 is 0.213 bits per heavy atom. The first-order chi connectivity index (χ1) is 46.6. The minimum Gasteiger partial charge on any atom is -0.455 e. The van der Waals surface area contributed by atoms with Crippen LogP contribution in [0.15, 0.2) is 312 Å². The summed E-state index contributed by atoms with van der Waals surface area (Å²) in [5.41, 5.74) is 18.4. The predicted octanol–water partition coefficient (Wildman–Crippen LogP) is 21.4. The molecule has 438 valence electrons. The van der Waals surface area contributed by atoms with E-state index in [1.165, 1.54) is 0 Å². The van der Waals surface area contributed by atoms with Crippen LogP contribution in [0.3, 0.4) is 0 Å². The fourth-order valence-electron chi connectivity index (χ4n) is 13.9. The van der Waals surface area contributed by atoms with E-state index in [0.29, 0.717) is 34.9 Å². The van der Waals surface area contributed by atoms with E-state index in [1.807, 2.05) is 146 Å². The van der Waals surface area contributed by atoms with Gasteiger partial charge in [-0.2, -0.15) is 0 Å². The van der Waals surface area contributed by atoms with Crippen molar-refractivity contribution in [2.45, 2.75) is 0 Å². The van der Waals surface area contributed by atoms with Crippen LogP contribution in [-0.2, 0) is 0 Å². The lowest BCUT2D eigenvalue weighted by atomic mass is 9.96. The molecular formula is C84H50N8O2. The Hall–Kier alpha value is -12.9. The lowest BCUT2D eigenvalue weighted by molar-refractivity contribution is 0.672. The van der Waals surface area contributed by atoms with Crippen LogP contribution >= 0.6 is 0 Å². The van der Waals surface area contributed by atoms with Gasteiger partial charge in [0.2, 0.25) is 0 Å². The molecule has 0 aliphatic rings. The number of rotatable bonds is 10. The summed E-state index contributed by atoms with van der Waals surface area (Å²) in [5.74, 6) is 3.41. The summed E-state index contributed by atoms with van der Waals surface area (Å²) in [4.78, 5) is 31.7. The van der Waals surface area contributed by atoms with Crippen molar-refractivity contribution >= 4 is 87.5 Å². The molecular weight excluding hydrogens is 1150 g/mol. The Balaban J connectivity index is 0.838. The van der Waals surface area contributed by atoms with Crippen LogP contribution in [0.2, 0.25) is 0 Å². The summed E-state index contributed by atoms with van der Waals surface area (Å²) in [6.45, 7) is 0. The van der Waals surface area contributed by atoms with E-state index < -0.39 is 0 Å². The molecule has 10 nitrogen and oxygen atoms in total. The second-order valence-corrected chi connectivity index (χ2v) is 23.7. The molecule has 0 spiro atoms. The van der Waals surface area contributed by atoms with Crippen molar-refractivity contribution in [1.82, 2.24) is 39.0 Å². The Morgan fingerprint density at radius 2 is 0.532 bits per heavy atom. The molecule has 0 amide bonds. The van der Waals surface area contributed by atoms with Crippen molar-refractivity contribution in [3.63, 3.8) is 0 Å². The highest BCUT2D eigenvalue weighted by Crippen LogP contribution is 2.46. The van der Waals surface area contributed by atoms with E-state index in [4.69, 9.17) is 38.7 Å². The van der Waals surface area contributed by atoms with Crippen molar-refractivity contribution in [2.75, 3.05) is 0 Å². The average molecular weight is 1200 g/mol. The molecule has 0 fully saturated rings. The van der Waals surface area contributed by atoms with Gasteiger partial charge in [0.15, 0.2) is 34.9 Å². The van der Waals surface area contributed by atoms with Gasteiger partial charge < -0.3 is 18.0 Å². The molecule has 0 N–H and O–H groups in total. The highest BCUT2D eigenvalue weighted by Gasteiger charge is 2.26. The number of nitrogens with zero attached hydrogens (tertiary/aromatic N) is 8. The van der Waals surface area contributed by atoms with Crippen LogP contribution in [-0.4, -0.2) is 39.0 Å². The maximum Gasteiger partial charge on any atom is 0.166 e. The molecule has 0 saturated heterocycles. The highest BCUT2D eigenvalue weighted by molar-refractivity contribution is 6.25. The average Bonchev–Trinajstić information content (AvgIpc) is 1.56. The molecule has 10 heteroatoms. The van der Waals surface area contributed by atoms with Crippen molar-refractivity contribution in [2.24, 2.45) is 0 Å². The van der Waals surface area contributed by atoms with Gasteiger partial charge in [0.05, 0.1) is 44.2 Å². The third-order valence-electron chi connectivity index (χ3n) is 18.2. The van der Waals surface area contributed by atoms with Gasteiger partial charge in [0, 0.05) is 65.7 Å². The summed E-state index contributed by atoms with van der Waals surface area (Å²) in [6, 6.07) is 105. The maximum atomic E-state index is 6.84. The Labute approximate surface area is 537 Å². The standard InChI is InChI=1S/C84H50N8O2/c1-5-22-51(23-6-1)79-85-80(52-24-7-2-8-25-52)88-83(87-79)65-42-40-57(49-71(65)91-67-36-17-13-34-63(67)75-69(91)46-44-61-59-32-15-19-38-73(59)93-77(61)75)55-30-21-31-56(48-55)58-41-43-66(84-89-81(53-26-9-3-10-27-53)86-82(90-84)54-28-11-4-12-29-54)72(50-58)92-68-37-18-14-35-64(68)76-70(92)47-45-62-60-33-16-20-39-74(60)94-78(62)76/h1-50H. The highest BCUT2D eigenvalue weighted by atomic mass is 16.3. The van der Waals surface area contributed by atoms with Crippen LogP contribution in [0.4, 0.5) is 0 Å². The van der Waals surface area contributed by atoms with Crippen LogP contribution < -0.4 is 0 Å². The van der Waals surface area contributed by atoms with Crippen LogP contribution in [0.25, 0.3) is 189 Å². The minimum absolute atomic E-state index is 0.544. The van der Waals surface area contributed by atoms with Gasteiger partial charge in [-0.15, -0.1) is 0 Å². The second kappa shape index (κ2) is 21.4. The van der Waals surface area contributed by atoms with Gasteiger partial charge in [0.25, 0.3) is 0 Å². The van der Waals surface area contributed by atoms with Gasteiger partial charge >= 0.3 is 0 Å². The largest absolute Gasteiger partial charge is 0.455 e. The molecule has 13 aromatic carbocycles. The normalized spacial score (nSPS) is 11.8. The molecule has 0 unspecified atom stereocenters. The number of furan rings is 2. The summed E-state index contributed by atoms with van der Waals surface area (Å²) in [6.07, 6.45) is 0. The molecule has 19 rings (SSSR count). The quantitative estimate of drug-likeness (QED) is 0.133. The second-order valence-electron chi connectivity index (χ2n) is 23.7. The van der Waals surface area contributed by atoms with Crippen LogP contribution in [0, 0.1) is 0 Å². The number of para-hydroxylation sites is 4. The van der Waals surface area contributed by atoms with E-state index in [0.717, 1.165) is 154 Å². The van der Waals surface area contributed by atoms with Gasteiger partial charge in [-0.1, -0.05) is 224 Å². The molecule has 0 saturated carbocycles. The lowest BCUT2D eigenvalue weighted by Gasteiger charge is -2.17. The molecule has 0 bridgehead atoms. The van der Waals surface area contributed by atoms with Gasteiger partial charge in [-0.25, -0.2) is 29.9 Å². The van der Waals surface area contributed by atoms with Crippen molar-refractivity contribution < 1.29 is 8.83 Å². The first kappa shape index (κ1) is 53.0. The maximum absolute atomic E-state index is 6.84. The zero-order valence-corrected chi connectivity index (χ0v) is 50.3. The van der Waals surface area contributed by atoms with Crippen LogP contribution in [0.5, 0.6) is 0 Å². The smallest absolute Gasteiger partial charge is 0.166 e. The third-order valence-corrected chi connectivity index (χ3v) is 18.2. The van der Waals surface area contributed by atoms with Crippen molar-refractivity contribution in [3.05, 3.63) is 303 Å². The Kier molecular flexibility index (Phi) is 12.0. The van der Waals surface area contributed by atoms with Gasteiger partial charge in [-0.05, 0) is 101 Å². The van der Waals surface area contributed by atoms with E-state index in [-0.39, 0.29) is 0 Å². The first-order valence-corrected chi connectivity index (χ1v) is 31.4. The van der Waals surface area contributed by atoms with Gasteiger partial charge in [-0.3, -0.25) is 0 Å². The molecule has 0 aliphatic heterocycles. The SMILES string of the molecule is c1ccc(-c2nc(-c3ccccc3)nc(-c3ccc(-c4cccc(-c5ccc(-c6nc(-c7ccccc7)nc(-c7ccccc7)n6)c(-n6c7ccccc7c7c8oc9ccccc9c8ccc76)c5)c4)cc3-n3c4ccccc4c4c5oc6ccccc6c5ccc43)n2)cc1. The number of benzene rings is 13. The van der Waals surface area contributed by atoms with E-state index in [9.17, 15) is 0 Å². The number of hydrogen-bond acceptors (Lipinski definition) is 8. The van der Waals surface area contributed by atoms with Crippen LogP contribution in [0.1, 0.15) is 0 Å². The fraction of sp³-hybridized carbons (Fsp3) is 0. The molecule has 0 aliphatic carbocycles. The molecule has 94 heavy (non-hydrogen) atoms. The fourth-order valence-corrected chi connectivity index (χ4v) is 13.9. The van der Waals surface area contributed by atoms with E-state index in [1.54, 1.807) is 0 Å². The molecule has 6 heterocycles. The minimum atomic E-state index is 0.544. The number of aromatic nitrogens is 8. The molecule has 6 aromatic heterocycles. The first-order valence-electron chi connectivity index (χ1n) is 31.4. The zero-order valence-electron chi connectivity index (χ0n) is 50.3. The summed E-state index contributed by atoms with van der Waals surface area (Å²) in [5, 5.41) is 8.48. The van der Waals surface area contributed by atoms with Crippen molar-refractivity contribution in [1.29, 1.82) is 0 Å². The molecule has 19 aromatic rings. The Morgan fingerprint density at radius 3 is 0.926 bits per heavy atom.